The molecule has 2 aromatic heterocycles. The third-order valence-corrected chi connectivity index (χ3v) is 4.59. The van der Waals surface area contributed by atoms with Crippen LogP contribution in [-0.4, -0.2) is 15.1 Å². The molecule has 116 valence electrons. The van der Waals surface area contributed by atoms with Crippen molar-refractivity contribution in [2.24, 2.45) is 11.7 Å². The number of nitrogens with zero attached hydrogens (tertiary/aromatic N) is 3. The molecule has 0 bridgehead atoms. The predicted octanol–water partition coefficient (Wildman–Crippen LogP) is 3.54. The smallest absolute Gasteiger partial charge is 0.277 e. The van der Waals surface area contributed by atoms with Crippen molar-refractivity contribution in [3.8, 4) is 11.6 Å². The van der Waals surface area contributed by atoms with E-state index in [0.717, 1.165) is 42.8 Å². The first-order valence-electron chi connectivity index (χ1n) is 7.15. The summed E-state index contributed by atoms with van der Waals surface area (Å²) < 4.78 is 5.35. The van der Waals surface area contributed by atoms with Crippen molar-refractivity contribution >= 4 is 23.7 Å². The maximum absolute atomic E-state index is 6.34. The summed E-state index contributed by atoms with van der Waals surface area (Å²) in [5.41, 5.74) is 6.71. The van der Waals surface area contributed by atoms with Crippen molar-refractivity contribution in [3.05, 3.63) is 16.2 Å². The maximum Gasteiger partial charge on any atom is 0.277 e. The number of thiazole rings is 1. The minimum atomic E-state index is -0.404. The number of halogens is 1. The van der Waals surface area contributed by atoms with E-state index in [4.69, 9.17) is 10.3 Å². The molecule has 21 heavy (non-hydrogen) atoms. The lowest BCUT2D eigenvalue weighted by atomic mass is 9.99. The van der Waals surface area contributed by atoms with Gasteiger partial charge in [0.25, 0.3) is 5.89 Å². The number of nitrogens with two attached hydrogens (primary N) is 1. The lowest BCUT2D eigenvalue weighted by Crippen LogP contribution is -2.34. The van der Waals surface area contributed by atoms with Gasteiger partial charge in [-0.25, -0.2) is 4.98 Å². The fourth-order valence-corrected chi connectivity index (χ4v) is 3.59. The molecular weight excluding hydrogens is 308 g/mol. The summed E-state index contributed by atoms with van der Waals surface area (Å²) in [6, 6.07) is 0. The maximum atomic E-state index is 6.34. The second kappa shape index (κ2) is 6.42. The van der Waals surface area contributed by atoms with Gasteiger partial charge in [0, 0.05) is 11.8 Å². The Labute approximate surface area is 134 Å². The van der Waals surface area contributed by atoms with Crippen LogP contribution in [0.5, 0.6) is 0 Å². The van der Waals surface area contributed by atoms with E-state index in [-0.39, 0.29) is 12.4 Å². The molecule has 1 saturated carbocycles. The zero-order valence-electron chi connectivity index (χ0n) is 12.3. The zero-order valence-corrected chi connectivity index (χ0v) is 14.0. The molecule has 1 fully saturated rings. The molecule has 7 heteroatoms. The molecule has 5 nitrogen and oxygen atoms in total. The predicted molar refractivity (Wildman–Crippen MR) is 85.5 cm³/mol. The lowest BCUT2D eigenvalue weighted by molar-refractivity contribution is 0.372. The lowest BCUT2D eigenvalue weighted by Gasteiger charge is -2.17. The summed E-state index contributed by atoms with van der Waals surface area (Å²) in [4.78, 5) is 9.03. The van der Waals surface area contributed by atoms with Crippen molar-refractivity contribution in [1.82, 2.24) is 15.1 Å². The van der Waals surface area contributed by atoms with Crippen molar-refractivity contribution in [3.63, 3.8) is 0 Å². The van der Waals surface area contributed by atoms with E-state index in [1.807, 2.05) is 5.38 Å². The molecule has 1 aliphatic carbocycles. The van der Waals surface area contributed by atoms with Crippen LogP contribution in [0.3, 0.4) is 0 Å². The van der Waals surface area contributed by atoms with Crippen LogP contribution in [0, 0.1) is 5.92 Å². The molecule has 0 aromatic carbocycles. The molecule has 2 aromatic rings. The van der Waals surface area contributed by atoms with Gasteiger partial charge < -0.3 is 10.3 Å². The van der Waals surface area contributed by atoms with Gasteiger partial charge in [0.1, 0.15) is 5.69 Å². The van der Waals surface area contributed by atoms with Gasteiger partial charge in [-0.2, -0.15) is 4.98 Å². The van der Waals surface area contributed by atoms with E-state index in [1.165, 1.54) is 0 Å². The molecule has 2 N–H and O–H groups in total. The molecule has 0 radical (unpaired) electrons. The number of hydrogen-bond donors (Lipinski definition) is 1. The third-order valence-electron chi connectivity index (χ3n) is 3.72. The van der Waals surface area contributed by atoms with Crippen molar-refractivity contribution < 1.29 is 4.52 Å². The quantitative estimate of drug-likeness (QED) is 0.928. The Bertz CT molecular complexity index is 589. The fourth-order valence-electron chi connectivity index (χ4n) is 2.61. The Kier molecular flexibility index (Phi) is 5.01. The van der Waals surface area contributed by atoms with Gasteiger partial charge in [-0.05, 0) is 18.8 Å². The standard InChI is InChI=1S/C14H20N4OS.ClH/c1-9(2)7-11-16-10(8-20-11)12-17-13(18-19-12)14(15)5-3-4-6-14;/h8-9H,3-7,15H2,1-2H3;1H. The van der Waals surface area contributed by atoms with Gasteiger partial charge >= 0.3 is 0 Å². The van der Waals surface area contributed by atoms with E-state index in [0.29, 0.717) is 17.6 Å². The molecular formula is C14H21ClN4OS. The topological polar surface area (TPSA) is 77.8 Å². The summed E-state index contributed by atoms with van der Waals surface area (Å²) in [5, 5.41) is 7.16. The summed E-state index contributed by atoms with van der Waals surface area (Å²) in [6.45, 7) is 4.37. The van der Waals surface area contributed by atoms with Gasteiger partial charge in [0.05, 0.1) is 10.5 Å². The van der Waals surface area contributed by atoms with E-state index in [2.05, 4.69) is 29.0 Å². The average Bonchev–Trinajstić information content (AvgIpc) is 3.06. The summed E-state index contributed by atoms with van der Waals surface area (Å²) in [6.07, 6.45) is 5.11. The van der Waals surface area contributed by atoms with Gasteiger partial charge in [-0.3, -0.25) is 0 Å². The molecule has 0 saturated heterocycles. The van der Waals surface area contributed by atoms with Crippen LogP contribution in [0.1, 0.15) is 50.4 Å². The van der Waals surface area contributed by atoms with Crippen LogP contribution >= 0.6 is 23.7 Å². The Hall–Kier alpha value is -0.980. The van der Waals surface area contributed by atoms with E-state index < -0.39 is 5.54 Å². The highest BCUT2D eigenvalue weighted by molar-refractivity contribution is 7.09. The normalized spacial score (nSPS) is 17.1. The first-order valence-corrected chi connectivity index (χ1v) is 8.03. The molecule has 0 atom stereocenters. The van der Waals surface area contributed by atoms with E-state index in [9.17, 15) is 0 Å². The first-order chi connectivity index (χ1) is 9.57. The highest BCUT2D eigenvalue weighted by atomic mass is 35.5. The highest BCUT2D eigenvalue weighted by Crippen LogP contribution is 2.35. The van der Waals surface area contributed by atoms with E-state index in [1.54, 1.807) is 11.3 Å². The van der Waals surface area contributed by atoms with E-state index >= 15 is 0 Å². The number of rotatable bonds is 4. The van der Waals surface area contributed by atoms with Crippen LogP contribution in [-0.2, 0) is 12.0 Å². The highest BCUT2D eigenvalue weighted by Gasteiger charge is 2.36. The molecule has 0 aliphatic heterocycles. The number of aromatic nitrogens is 3. The van der Waals surface area contributed by atoms with Gasteiger partial charge in [0.2, 0.25) is 0 Å². The fraction of sp³-hybridized carbons (Fsp3) is 0.643. The Morgan fingerprint density at radius 1 is 1.33 bits per heavy atom. The minimum absolute atomic E-state index is 0. The average molecular weight is 329 g/mol. The molecule has 2 heterocycles. The van der Waals surface area contributed by atoms with Crippen LogP contribution in [0.2, 0.25) is 0 Å². The van der Waals surface area contributed by atoms with Crippen LogP contribution in [0.15, 0.2) is 9.90 Å². The molecule has 0 amide bonds. The molecule has 1 aliphatic rings. The summed E-state index contributed by atoms with van der Waals surface area (Å²) in [5.74, 6) is 1.71. The van der Waals surface area contributed by atoms with Crippen molar-refractivity contribution in [2.75, 3.05) is 0 Å². The SMILES string of the molecule is CC(C)Cc1nc(-c2nc(C3(N)CCCC3)no2)cs1.Cl. The summed E-state index contributed by atoms with van der Waals surface area (Å²) in [7, 11) is 0. The monoisotopic (exact) mass is 328 g/mol. The first kappa shape index (κ1) is 16.4. The molecule has 0 spiro atoms. The van der Waals surface area contributed by atoms with Gasteiger partial charge in [-0.15, -0.1) is 23.7 Å². The Balaban J connectivity index is 0.00000161. The van der Waals surface area contributed by atoms with Gasteiger partial charge in [0.15, 0.2) is 5.82 Å². The third kappa shape index (κ3) is 3.44. The van der Waals surface area contributed by atoms with Crippen LogP contribution in [0.25, 0.3) is 11.6 Å². The summed E-state index contributed by atoms with van der Waals surface area (Å²) >= 11 is 1.64. The zero-order chi connectivity index (χ0) is 14.2. The second-order valence-corrected chi connectivity index (χ2v) is 6.95. The Morgan fingerprint density at radius 2 is 2.05 bits per heavy atom. The number of hydrogen-bond acceptors (Lipinski definition) is 6. The van der Waals surface area contributed by atoms with Crippen LogP contribution < -0.4 is 5.73 Å². The van der Waals surface area contributed by atoms with Crippen molar-refractivity contribution in [1.29, 1.82) is 0 Å². The van der Waals surface area contributed by atoms with Crippen LogP contribution in [0.4, 0.5) is 0 Å². The second-order valence-electron chi connectivity index (χ2n) is 6.01. The molecule has 3 rings (SSSR count). The largest absolute Gasteiger partial charge is 0.332 e. The Morgan fingerprint density at radius 3 is 2.71 bits per heavy atom. The van der Waals surface area contributed by atoms with Gasteiger partial charge in [-0.1, -0.05) is 31.8 Å². The molecule has 0 unspecified atom stereocenters. The minimum Gasteiger partial charge on any atom is -0.332 e. The van der Waals surface area contributed by atoms with Crippen molar-refractivity contribution in [2.45, 2.75) is 51.5 Å².